The summed E-state index contributed by atoms with van der Waals surface area (Å²) in [7, 11) is 0. The van der Waals surface area contributed by atoms with E-state index < -0.39 is 11.4 Å². The lowest BCUT2D eigenvalue weighted by Gasteiger charge is -2.35. The normalized spacial score (nSPS) is 15.8. The predicted octanol–water partition coefficient (Wildman–Crippen LogP) is 3.58. The van der Waals surface area contributed by atoms with Gasteiger partial charge < -0.3 is 4.55 Å². The molecule has 0 amide bonds. The van der Waals surface area contributed by atoms with E-state index in [0.29, 0.717) is 5.15 Å². The van der Waals surface area contributed by atoms with Gasteiger partial charge in [-0.1, -0.05) is 11.6 Å². The van der Waals surface area contributed by atoms with E-state index >= 15 is 0 Å². The second kappa shape index (κ2) is 6.24. The quantitative estimate of drug-likeness (QED) is 0.628. The number of pyridine rings is 1. The molecule has 1 aromatic heterocycles. The molecule has 5 heteroatoms. The summed E-state index contributed by atoms with van der Waals surface area (Å²) in [6.45, 7) is 10.7. The minimum Gasteiger partial charge on any atom is -0.597 e. The van der Waals surface area contributed by atoms with Crippen LogP contribution in [0.15, 0.2) is 18.3 Å². The molecule has 0 saturated heterocycles. The van der Waals surface area contributed by atoms with Crippen molar-refractivity contribution in [2.75, 3.05) is 6.54 Å². The van der Waals surface area contributed by atoms with Crippen LogP contribution < -0.4 is 0 Å². The second-order valence-electron chi connectivity index (χ2n) is 5.18. The summed E-state index contributed by atoms with van der Waals surface area (Å²) in [6, 6.07) is 3.80. The SMILES string of the molecule is CCN(C(C)c1ccnc(Cl)c1)[S@@+]([O-])C(C)(C)C. The van der Waals surface area contributed by atoms with Crippen molar-refractivity contribution in [3.8, 4) is 0 Å². The first-order chi connectivity index (χ1) is 8.27. The maximum Gasteiger partial charge on any atom is 0.137 e. The second-order valence-corrected chi connectivity index (χ2v) is 7.76. The maximum absolute atomic E-state index is 12.5. The third-order valence-electron chi connectivity index (χ3n) is 2.71. The molecule has 0 aliphatic carbocycles. The molecule has 0 radical (unpaired) electrons. The van der Waals surface area contributed by atoms with Crippen molar-refractivity contribution in [1.82, 2.24) is 9.29 Å². The highest BCUT2D eigenvalue weighted by molar-refractivity contribution is 7.90. The molecule has 2 atom stereocenters. The van der Waals surface area contributed by atoms with Crippen molar-refractivity contribution in [1.29, 1.82) is 0 Å². The summed E-state index contributed by atoms with van der Waals surface area (Å²) in [5, 5.41) is 0.469. The fraction of sp³-hybridized carbons (Fsp3) is 0.615. The molecular formula is C13H21ClN2OS. The van der Waals surface area contributed by atoms with Crippen molar-refractivity contribution >= 4 is 23.0 Å². The van der Waals surface area contributed by atoms with Crippen LogP contribution in [-0.4, -0.2) is 25.1 Å². The Labute approximate surface area is 118 Å². The monoisotopic (exact) mass is 288 g/mol. The molecule has 0 spiro atoms. The van der Waals surface area contributed by atoms with Crippen LogP contribution in [0.5, 0.6) is 0 Å². The van der Waals surface area contributed by atoms with Crippen LogP contribution in [0.25, 0.3) is 0 Å². The van der Waals surface area contributed by atoms with Gasteiger partial charge in [0.1, 0.15) is 9.90 Å². The van der Waals surface area contributed by atoms with Crippen LogP contribution in [-0.2, 0) is 11.4 Å². The van der Waals surface area contributed by atoms with Gasteiger partial charge in [0.2, 0.25) is 0 Å². The number of hydrogen-bond acceptors (Lipinski definition) is 3. The maximum atomic E-state index is 12.5. The van der Waals surface area contributed by atoms with Gasteiger partial charge in [0.25, 0.3) is 0 Å². The zero-order chi connectivity index (χ0) is 13.9. The first-order valence-corrected chi connectivity index (χ1v) is 7.56. The zero-order valence-electron chi connectivity index (χ0n) is 11.6. The van der Waals surface area contributed by atoms with Crippen LogP contribution in [0.4, 0.5) is 0 Å². The summed E-state index contributed by atoms with van der Waals surface area (Å²) in [5.41, 5.74) is 1.04. The Kier molecular flexibility index (Phi) is 5.46. The molecule has 0 fully saturated rings. The van der Waals surface area contributed by atoms with Gasteiger partial charge in [-0.2, -0.15) is 0 Å². The summed E-state index contributed by atoms with van der Waals surface area (Å²) in [5.74, 6) is 0. The van der Waals surface area contributed by atoms with Crippen molar-refractivity contribution in [3.05, 3.63) is 29.0 Å². The Hall–Kier alpha value is -0.290. The Morgan fingerprint density at radius 2 is 2.11 bits per heavy atom. The molecule has 1 aromatic rings. The van der Waals surface area contributed by atoms with E-state index in [2.05, 4.69) is 4.98 Å². The molecule has 0 saturated carbocycles. The molecule has 3 nitrogen and oxygen atoms in total. The Morgan fingerprint density at radius 3 is 2.56 bits per heavy atom. The third-order valence-corrected chi connectivity index (χ3v) is 4.97. The molecule has 1 heterocycles. The zero-order valence-corrected chi connectivity index (χ0v) is 13.2. The Bertz CT molecular complexity index is 395. The largest absolute Gasteiger partial charge is 0.597 e. The number of halogens is 1. The highest BCUT2D eigenvalue weighted by Gasteiger charge is 2.35. The molecule has 18 heavy (non-hydrogen) atoms. The molecule has 102 valence electrons. The number of aromatic nitrogens is 1. The van der Waals surface area contributed by atoms with Crippen LogP contribution in [0.3, 0.4) is 0 Å². The van der Waals surface area contributed by atoms with Crippen LogP contribution in [0.2, 0.25) is 5.15 Å². The molecule has 1 rings (SSSR count). The predicted molar refractivity (Wildman–Crippen MR) is 77.9 cm³/mol. The van der Waals surface area contributed by atoms with Gasteiger partial charge in [0.15, 0.2) is 0 Å². The minimum absolute atomic E-state index is 0.0514. The first-order valence-electron chi connectivity index (χ1n) is 6.07. The first kappa shape index (κ1) is 15.8. The standard InChI is InChI=1S/C13H21ClN2OS/c1-6-16(18(17)13(3,4)5)10(2)11-7-8-15-12(14)9-11/h7-10H,6H2,1-5H3/t10?,18-/m0/s1. The molecular weight excluding hydrogens is 268 g/mol. The van der Waals surface area contributed by atoms with Gasteiger partial charge in [-0.05, 0) is 52.3 Å². The Morgan fingerprint density at radius 1 is 1.50 bits per heavy atom. The molecule has 0 N–H and O–H groups in total. The van der Waals surface area contributed by atoms with E-state index in [-0.39, 0.29) is 10.8 Å². The summed E-state index contributed by atoms with van der Waals surface area (Å²) < 4.78 is 14.2. The third kappa shape index (κ3) is 3.85. The summed E-state index contributed by atoms with van der Waals surface area (Å²) in [4.78, 5) is 3.97. The summed E-state index contributed by atoms with van der Waals surface area (Å²) in [6.07, 6.45) is 1.68. The average Bonchev–Trinajstić information content (AvgIpc) is 2.28. The molecule has 0 aliphatic heterocycles. The van der Waals surface area contributed by atoms with Gasteiger partial charge in [0.05, 0.1) is 6.04 Å². The lowest BCUT2D eigenvalue weighted by molar-refractivity contribution is 0.344. The van der Waals surface area contributed by atoms with Gasteiger partial charge >= 0.3 is 0 Å². The van der Waals surface area contributed by atoms with Crippen molar-refractivity contribution < 1.29 is 4.55 Å². The van der Waals surface area contributed by atoms with E-state index in [9.17, 15) is 4.55 Å². The van der Waals surface area contributed by atoms with Gasteiger partial charge in [-0.15, -0.1) is 4.31 Å². The van der Waals surface area contributed by atoms with E-state index in [1.807, 2.05) is 51.1 Å². The average molecular weight is 289 g/mol. The van der Waals surface area contributed by atoms with E-state index in [1.165, 1.54) is 0 Å². The van der Waals surface area contributed by atoms with E-state index in [0.717, 1.165) is 12.1 Å². The highest BCUT2D eigenvalue weighted by atomic mass is 35.5. The molecule has 0 aliphatic rings. The minimum atomic E-state index is -1.04. The number of hydrogen-bond donors (Lipinski definition) is 0. The fourth-order valence-corrected chi connectivity index (χ4v) is 3.26. The topological polar surface area (TPSA) is 39.2 Å². The van der Waals surface area contributed by atoms with Crippen molar-refractivity contribution in [3.63, 3.8) is 0 Å². The van der Waals surface area contributed by atoms with Crippen LogP contribution in [0.1, 0.15) is 46.2 Å². The van der Waals surface area contributed by atoms with Crippen LogP contribution >= 0.6 is 11.6 Å². The highest BCUT2D eigenvalue weighted by Crippen LogP contribution is 2.29. The lowest BCUT2D eigenvalue weighted by atomic mass is 10.1. The number of nitrogens with zero attached hydrogens (tertiary/aromatic N) is 2. The van der Waals surface area contributed by atoms with E-state index in [4.69, 9.17) is 11.6 Å². The molecule has 0 bridgehead atoms. The van der Waals surface area contributed by atoms with Crippen molar-refractivity contribution in [2.45, 2.75) is 45.4 Å². The van der Waals surface area contributed by atoms with Crippen molar-refractivity contribution in [2.24, 2.45) is 0 Å². The lowest BCUT2D eigenvalue weighted by Crippen LogP contribution is -2.44. The Balaban J connectivity index is 2.96. The molecule has 0 aromatic carbocycles. The van der Waals surface area contributed by atoms with Gasteiger partial charge in [0, 0.05) is 24.1 Å². The smallest absolute Gasteiger partial charge is 0.137 e. The molecule has 1 unspecified atom stereocenters. The van der Waals surface area contributed by atoms with Gasteiger partial charge in [-0.3, -0.25) is 0 Å². The van der Waals surface area contributed by atoms with Crippen LogP contribution in [0, 0.1) is 0 Å². The summed E-state index contributed by atoms with van der Waals surface area (Å²) >= 11 is 4.86. The van der Waals surface area contributed by atoms with Gasteiger partial charge in [-0.25, -0.2) is 4.98 Å². The van der Waals surface area contributed by atoms with E-state index in [1.54, 1.807) is 6.20 Å². The number of rotatable bonds is 4. The fourth-order valence-electron chi connectivity index (χ4n) is 1.73.